The maximum Gasteiger partial charge on any atom is 0.255 e. The molecule has 0 saturated heterocycles. The molecule has 3 aromatic carbocycles. The quantitative estimate of drug-likeness (QED) is 0.361. The van der Waals surface area contributed by atoms with Crippen molar-refractivity contribution < 1.29 is 9.53 Å². The van der Waals surface area contributed by atoms with Crippen molar-refractivity contribution in [3.63, 3.8) is 0 Å². The van der Waals surface area contributed by atoms with Crippen molar-refractivity contribution in [2.24, 2.45) is 0 Å². The van der Waals surface area contributed by atoms with E-state index >= 15 is 0 Å². The van der Waals surface area contributed by atoms with Crippen LogP contribution >= 0.6 is 0 Å². The van der Waals surface area contributed by atoms with E-state index in [1.165, 1.54) is 0 Å². The molecule has 1 aromatic heterocycles. The average Bonchev–Trinajstić information content (AvgIpc) is 2.82. The lowest BCUT2D eigenvalue weighted by Gasteiger charge is -2.16. The number of methoxy groups -OCH3 is 1. The first-order chi connectivity index (χ1) is 15.6. The Morgan fingerprint density at radius 2 is 1.38 bits per heavy atom. The Kier molecular flexibility index (Phi) is 6.27. The van der Waals surface area contributed by atoms with E-state index in [4.69, 9.17) is 4.74 Å². The number of carbonyl (C=O) groups is 1. The Balaban J connectivity index is 1.66. The third kappa shape index (κ3) is 5.02. The van der Waals surface area contributed by atoms with Crippen LogP contribution in [-0.2, 0) is 0 Å². The van der Waals surface area contributed by atoms with E-state index in [9.17, 15) is 4.79 Å². The maximum absolute atomic E-state index is 12.9. The molecule has 32 heavy (non-hydrogen) atoms. The highest BCUT2D eigenvalue weighted by Gasteiger charge is 2.16. The Morgan fingerprint density at radius 3 is 1.97 bits per heavy atom. The fraction of sp³-hybridized carbons (Fsp3) is 0.0800. The number of hydrogen-bond acceptors (Lipinski definition) is 6. The van der Waals surface area contributed by atoms with Gasteiger partial charge in [0, 0.05) is 16.9 Å². The zero-order chi connectivity index (χ0) is 22.3. The summed E-state index contributed by atoms with van der Waals surface area (Å²) in [6, 6.07) is 26.2. The smallest absolute Gasteiger partial charge is 0.255 e. The molecule has 0 radical (unpaired) electrons. The summed E-state index contributed by atoms with van der Waals surface area (Å²) in [5.74, 6) is 1.33. The van der Waals surface area contributed by atoms with E-state index in [1.54, 1.807) is 31.4 Å². The minimum absolute atomic E-state index is 0.265. The fourth-order valence-corrected chi connectivity index (χ4v) is 3.11. The highest BCUT2D eigenvalue weighted by atomic mass is 16.5. The maximum atomic E-state index is 12.9. The van der Waals surface area contributed by atoms with Crippen LogP contribution in [-0.4, -0.2) is 23.0 Å². The van der Waals surface area contributed by atoms with Gasteiger partial charge in [-0.1, -0.05) is 36.4 Å². The Hall–Kier alpha value is -4.39. The molecule has 0 aliphatic rings. The topological polar surface area (TPSA) is 88.2 Å². The summed E-state index contributed by atoms with van der Waals surface area (Å²) in [4.78, 5) is 22.1. The van der Waals surface area contributed by atoms with Gasteiger partial charge < -0.3 is 20.7 Å². The van der Waals surface area contributed by atoms with Crippen molar-refractivity contribution in [1.82, 2.24) is 9.97 Å². The number of rotatable bonds is 7. The third-order valence-electron chi connectivity index (χ3n) is 4.75. The van der Waals surface area contributed by atoms with Crippen LogP contribution in [0.3, 0.4) is 0 Å². The van der Waals surface area contributed by atoms with E-state index < -0.39 is 0 Å². The predicted octanol–water partition coefficient (Wildman–Crippen LogP) is 5.53. The van der Waals surface area contributed by atoms with Crippen LogP contribution < -0.4 is 20.7 Å². The summed E-state index contributed by atoms with van der Waals surface area (Å²) in [5.41, 5.74) is 3.35. The lowest BCUT2D eigenvalue weighted by molar-refractivity contribution is 0.102. The van der Waals surface area contributed by atoms with Crippen molar-refractivity contribution in [3.05, 3.63) is 96.2 Å². The van der Waals surface area contributed by atoms with Crippen LogP contribution in [0.15, 0.2) is 84.9 Å². The van der Waals surface area contributed by atoms with Gasteiger partial charge in [0.2, 0.25) is 5.95 Å². The molecule has 7 heteroatoms. The van der Waals surface area contributed by atoms with Gasteiger partial charge in [0.15, 0.2) is 5.82 Å². The number of para-hydroxylation sites is 2. The van der Waals surface area contributed by atoms with Gasteiger partial charge in [-0.05, 0) is 55.5 Å². The number of carbonyl (C=O) groups excluding carboxylic acids is 1. The Bertz CT molecular complexity index is 1200. The number of ether oxygens (including phenoxy) is 1. The molecular formula is C25H23N5O2. The molecule has 4 aromatic rings. The molecular weight excluding hydrogens is 402 g/mol. The van der Waals surface area contributed by atoms with Gasteiger partial charge in [-0.25, -0.2) is 4.98 Å². The van der Waals surface area contributed by atoms with Crippen LogP contribution in [0, 0.1) is 6.92 Å². The summed E-state index contributed by atoms with van der Waals surface area (Å²) in [7, 11) is 1.59. The molecule has 1 amide bonds. The third-order valence-corrected chi connectivity index (χ3v) is 4.75. The summed E-state index contributed by atoms with van der Waals surface area (Å²) >= 11 is 0. The van der Waals surface area contributed by atoms with E-state index in [-0.39, 0.29) is 5.91 Å². The molecule has 0 bridgehead atoms. The number of hydrogen-bond donors (Lipinski definition) is 3. The van der Waals surface area contributed by atoms with Crippen molar-refractivity contribution in [2.75, 3.05) is 23.1 Å². The van der Waals surface area contributed by atoms with E-state index in [1.807, 2.05) is 67.6 Å². The van der Waals surface area contributed by atoms with Crippen molar-refractivity contribution >= 4 is 34.7 Å². The van der Waals surface area contributed by atoms with Gasteiger partial charge >= 0.3 is 0 Å². The standard InChI is InChI=1S/C25H23N5O2/c1-17-22(29-24(31)18-13-15-21(32-2)16-14-18)23(27-19-9-5-3-6-10-19)30-25(26-17)28-20-11-7-4-8-12-20/h3-16H,1-2H3,(H,29,31)(H2,26,27,28,30). The molecule has 0 aliphatic heterocycles. The van der Waals surface area contributed by atoms with Gasteiger partial charge in [-0.2, -0.15) is 4.98 Å². The molecule has 0 aliphatic carbocycles. The molecule has 0 unspecified atom stereocenters. The van der Waals surface area contributed by atoms with E-state index in [2.05, 4.69) is 25.9 Å². The lowest BCUT2D eigenvalue weighted by Crippen LogP contribution is -2.16. The summed E-state index contributed by atoms with van der Waals surface area (Å²) in [5, 5.41) is 9.44. The van der Waals surface area contributed by atoms with Crippen LogP contribution in [0.2, 0.25) is 0 Å². The zero-order valence-electron chi connectivity index (χ0n) is 17.8. The summed E-state index contributed by atoms with van der Waals surface area (Å²) in [6.07, 6.45) is 0. The molecule has 3 N–H and O–H groups in total. The highest BCUT2D eigenvalue weighted by molar-refractivity contribution is 6.06. The molecule has 160 valence electrons. The molecule has 0 spiro atoms. The molecule has 0 atom stereocenters. The minimum Gasteiger partial charge on any atom is -0.497 e. The normalized spacial score (nSPS) is 10.3. The zero-order valence-corrected chi connectivity index (χ0v) is 17.8. The van der Waals surface area contributed by atoms with E-state index in [0.717, 1.165) is 11.4 Å². The largest absolute Gasteiger partial charge is 0.497 e. The summed E-state index contributed by atoms with van der Waals surface area (Å²) < 4.78 is 5.17. The number of aromatic nitrogens is 2. The number of benzene rings is 3. The van der Waals surface area contributed by atoms with Crippen molar-refractivity contribution in [1.29, 1.82) is 0 Å². The minimum atomic E-state index is -0.265. The summed E-state index contributed by atoms with van der Waals surface area (Å²) in [6.45, 7) is 1.83. The predicted molar refractivity (Wildman–Crippen MR) is 127 cm³/mol. The molecule has 4 rings (SSSR count). The second kappa shape index (κ2) is 9.61. The number of amides is 1. The molecule has 0 saturated carbocycles. The van der Waals surface area contributed by atoms with Gasteiger partial charge in [0.05, 0.1) is 12.8 Å². The van der Waals surface area contributed by atoms with Gasteiger partial charge in [-0.15, -0.1) is 0 Å². The van der Waals surface area contributed by atoms with Gasteiger partial charge in [0.1, 0.15) is 11.4 Å². The van der Waals surface area contributed by atoms with Crippen LogP contribution in [0.4, 0.5) is 28.8 Å². The van der Waals surface area contributed by atoms with Crippen LogP contribution in [0.25, 0.3) is 0 Å². The monoisotopic (exact) mass is 425 g/mol. The Morgan fingerprint density at radius 1 is 0.781 bits per heavy atom. The highest BCUT2D eigenvalue weighted by Crippen LogP contribution is 2.29. The SMILES string of the molecule is COc1ccc(C(=O)Nc2c(C)nc(Nc3ccccc3)nc2Nc2ccccc2)cc1. The van der Waals surface area contributed by atoms with E-state index in [0.29, 0.717) is 34.5 Å². The average molecular weight is 425 g/mol. The Labute approximate surface area is 186 Å². The first-order valence-electron chi connectivity index (χ1n) is 10.1. The van der Waals surface area contributed by atoms with Gasteiger partial charge in [-0.3, -0.25) is 4.79 Å². The van der Waals surface area contributed by atoms with Gasteiger partial charge in [0.25, 0.3) is 5.91 Å². The number of nitrogens with zero attached hydrogens (tertiary/aromatic N) is 2. The lowest BCUT2D eigenvalue weighted by atomic mass is 10.2. The second-order valence-corrected chi connectivity index (χ2v) is 7.02. The van der Waals surface area contributed by atoms with Crippen molar-refractivity contribution in [3.8, 4) is 5.75 Å². The van der Waals surface area contributed by atoms with Crippen molar-refractivity contribution in [2.45, 2.75) is 6.92 Å². The molecule has 7 nitrogen and oxygen atoms in total. The number of aryl methyl sites for hydroxylation is 1. The van der Waals surface area contributed by atoms with Crippen LogP contribution in [0.5, 0.6) is 5.75 Å². The number of anilines is 5. The first-order valence-corrected chi connectivity index (χ1v) is 10.1. The molecule has 1 heterocycles. The first kappa shape index (κ1) is 20.9. The fourth-order valence-electron chi connectivity index (χ4n) is 3.11. The van der Waals surface area contributed by atoms with Crippen LogP contribution in [0.1, 0.15) is 16.1 Å². The second-order valence-electron chi connectivity index (χ2n) is 7.02. The number of nitrogens with one attached hydrogen (secondary N) is 3. The molecule has 0 fully saturated rings.